The highest BCUT2D eigenvalue weighted by Crippen LogP contribution is 2.50. The third kappa shape index (κ3) is 2.65. The van der Waals surface area contributed by atoms with E-state index in [1.165, 1.54) is 38.5 Å². The summed E-state index contributed by atoms with van der Waals surface area (Å²) in [7, 11) is 0. The van der Waals surface area contributed by atoms with E-state index in [4.69, 9.17) is 0 Å². The summed E-state index contributed by atoms with van der Waals surface area (Å²) in [6, 6.07) is 0.481. The lowest BCUT2D eigenvalue weighted by molar-refractivity contribution is -0.138. The van der Waals surface area contributed by atoms with E-state index in [1.54, 1.807) is 0 Å². The fraction of sp³-hybridized carbons (Fsp3) is 0.889. The summed E-state index contributed by atoms with van der Waals surface area (Å²) >= 11 is 0. The van der Waals surface area contributed by atoms with Crippen molar-refractivity contribution in [3.63, 3.8) is 0 Å². The molecular formula is C18H28N2O2. The lowest BCUT2D eigenvalue weighted by Crippen LogP contribution is -2.46. The fourth-order valence-electron chi connectivity index (χ4n) is 5.56. The van der Waals surface area contributed by atoms with Gasteiger partial charge in [-0.05, 0) is 62.7 Å². The molecule has 2 saturated carbocycles. The quantitative estimate of drug-likeness (QED) is 0.870. The minimum absolute atomic E-state index is 0.0262. The van der Waals surface area contributed by atoms with Gasteiger partial charge in [0.05, 0.1) is 5.92 Å². The highest BCUT2D eigenvalue weighted by molar-refractivity contribution is 5.84. The van der Waals surface area contributed by atoms with Crippen molar-refractivity contribution < 1.29 is 9.59 Å². The van der Waals surface area contributed by atoms with Crippen molar-refractivity contribution in [3.05, 3.63) is 0 Å². The molecule has 1 N–H and O–H groups in total. The first-order valence-electron chi connectivity index (χ1n) is 9.28. The second-order valence-electron chi connectivity index (χ2n) is 8.04. The molecule has 4 heteroatoms. The Balaban J connectivity index is 1.36. The summed E-state index contributed by atoms with van der Waals surface area (Å²) in [6.07, 6.45) is 10.6. The predicted molar refractivity (Wildman–Crippen MR) is 84.0 cm³/mol. The van der Waals surface area contributed by atoms with Gasteiger partial charge in [0, 0.05) is 25.6 Å². The van der Waals surface area contributed by atoms with Gasteiger partial charge in [0.25, 0.3) is 0 Å². The summed E-state index contributed by atoms with van der Waals surface area (Å²) in [5.41, 5.74) is 0. The molecule has 4 rings (SSSR count). The normalized spacial score (nSPS) is 41.0. The van der Waals surface area contributed by atoms with Gasteiger partial charge in [0.15, 0.2) is 0 Å². The second kappa shape index (κ2) is 5.86. The van der Waals surface area contributed by atoms with Crippen molar-refractivity contribution in [2.24, 2.45) is 23.7 Å². The molecule has 0 aromatic heterocycles. The molecule has 2 aliphatic carbocycles. The average Bonchev–Trinajstić information content (AvgIpc) is 3.24. The van der Waals surface area contributed by atoms with E-state index in [-0.39, 0.29) is 11.8 Å². The van der Waals surface area contributed by atoms with Crippen molar-refractivity contribution in [1.82, 2.24) is 10.2 Å². The van der Waals surface area contributed by atoms with Crippen LogP contribution in [0.4, 0.5) is 0 Å². The lowest BCUT2D eigenvalue weighted by Gasteiger charge is -2.33. The van der Waals surface area contributed by atoms with Crippen molar-refractivity contribution in [2.45, 2.75) is 63.8 Å². The fourth-order valence-corrected chi connectivity index (χ4v) is 5.56. The molecule has 2 saturated heterocycles. The van der Waals surface area contributed by atoms with E-state index >= 15 is 0 Å². The average molecular weight is 304 g/mol. The largest absolute Gasteiger partial charge is 0.355 e. The molecule has 2 amide bonds. The third-order valence-corrected chi connectivity index (χ3v) is 6.73. The number of hydrogen-bond donors (Lipinski definition) is 1. The van der Waals surface area contributed by atoms with E-state index in [0.29, 0.717) is 24.9 Å². The highest BCUT2D eigenvalue weighted by Gasteiger charge is 2.42. The first-order chi connectivity index (χ1) is 10.7. The summed E-state index contributed by atoms with van der Waals surface area (Å²) in [5.74, 6) is 3.27. The molecule has 0 spiro atoms. The maximum absolute atomic E-state index is 12.8. The van der Waals surface area contributed by atoms with Crippen molar-refractivity contribution in [1.29, 1.82) is 0 Å². The van der Waals surface area contributed by atoms with Crippen LogP contribution in [-0.4, -0.2) is 35.8 Å². The predicted octanol–water partition coefficient (Wildman–Crippen LogP) is 2.33. The Morgan fingerprint density at radius 3 is 2.77 bits per heavy atom. The SMILES string of the molecule is O=C1CC[C@@H](C(=O)N2CCC[C@H]2C[C@@H]2C[C@@H]3CC[C@@H]2C3)CN1. The Hall–Kier alpha value is -1.06. The Morgan fingerprint density at radius 2 is 2.09 bits per heavy atom. The standard InChI is InChI=1S/C18H28N2O2/c21-17-6-5-14(11-19-17)18(22)20-7-1-2-16(20)10-15-9-12-3-4-13(15)8-12/h12-16H,1-11H2,(H,19,21)/t12-,13-,14-,15+,16+/m1/s1. The molecule has 5 atom stereocenters. The summed E-state index contributed by atoms with van der Waals surface area (Å²) < 4.78 is 0. The summed E-state index contributed by atoms with van der Waals surface area (Å²) in [4.78, 5) is 26.3. The van der Waals surface area contributed by atoms with Gasteiger partial charge in [-0.2, -0.15) is 0 Å². The van der Waals surface area contributed by atoms with Crippen LogP contribution in [0.2, 0.25) is 0 Å². The Bertz CT molecular complexity index is 454. The van der Waals surface area contributed by atoms with Crippen molar-refractivity contribution in [2.75, 3.05) is 13.1 Å². The minimum atomic E-state index is 0.0262. The van der Waals surface area contributed by atoms with Crippen molar-refractivity contribution >= 4 is 11.8 Å². The number of piperidine rings is 1. The molecule has 4 fully saturated rings. The van der Waals surface area contributed by atoms with Crippen LogP contribution in [-0.2, 0) is 9.59 Å². The number of carbonyl (C=O) groups excluding carboxylic acids is 2. The zero-order valence-electron chi connectivity index (χ0n) is 13.4. The summed E-state index contributed by atoms with van der Waals surface area (Å²) in [5, 5.41) is 2.86. The molecule has 2 bridgehead atoms. The van der Waals surface area contributed by atoms with Gasteiger partial charge in [-0.1, -0.05) is 6.42 Å². The zero-order valence-corrected chi connectivity index (χ0v) is 13.4. The topological polar surface area (TPSA) is 49.4 Å². The molecule has 0 aromatic rings. The third-order valence-electron chi connectivity index (χ3n) is 6.73. The Labute approximate surface area is 133 Å². The van der Waals surface area contributed by atoms with Crippen molar-refractivity contribution in [3.8, 4) is 0 Å². The van der Waals surface area contributed by atoms with Gasteiger partial charge in [0.2, 0.25) is 11.8 Å². The van der Waals surface area contributed by atoms with Gasteiger partial charge >= 0.3 is 0 Å². The van der Waals surface area contributed by atoms with E-state index in [9.17, 15) is 9.59 Å². The van der Waals surface area contributed by atoms with Crippen LogP contribution in [0.5, 0.6) is 0 Å². The summed E-state index contributed by atoms with van der Waals surface area (Å²) in [6.45, 7) is 1.49. The highest BCUT2D eigenvalue weighted by atomic mass is 16.2. The Kier molecular flexibility index (Phi) is 3.87. The van der Waals surface area contributed by atoms with Crippen LogP contribution in [0.25, 0.3) is 0 Å². The van der Waals surface area contributed by atoms with Crippen LogP contribution >= 0.6 is 0 Å². The molecule has 0 radical (unpaired) electrons. The number of fused-ring (bicyclic) bond motifs is 2. The maximum atomic E-state index is 12.8. The number of rotatable bonds is 3. The van der Waals surface area contributed by atoms with Crippen LogP contribution in [0.15, 0.2) is 0 Å². The molecule has 0 aromatic carbocycles. The smallest absolute Gasteiger partial charge is 0.227 e. The van der Waals surface area contributed by atoms with Crippen LogP contribution in [0, 0.1) is 23.7 Å². The number of likely N-dealkylation sites (tertiary alicyclic amines) is 1. The molecule has 4 aliphatic rings. The number of nitrogens with zero attached hydrogens (tertiary/aromatic N) is 1. The lowest BCUT2D eigenvalue weighted by atomic mass is 9.83. The van der Waals surface area contributed by atoms with E-state index in [2.05, 4.69) is 10.2 Å². The van der Waals surface area contributed by atoms with E-state index in [0.717, 1.165) is 37.1 Å². The maximum Gasteiger partial charge on any atom is 0.227 e. The van der Waals surface area contributed by atoms with Gasteiger partial charge < -0.3 is 10.2 Å². The van der Waals surface area contributed by atoms with Crippen LogP contribution < -0.4 is 5.32 Å². The second-order valence-corrected chi connectivity index (χ2v) is 8.04. The monoisotopic (exact) mass is 304 g/mol. The van der Waals surface area contributed by atoms with E-state index < -0.39 is 0 Å². The number of nitrogens with one attached hydrogen (secondary N) is 1. The molecular weight excluding hydrogens is 276 g/mol. The molecule has 4 nitrogen and oxygen atoms in total. The minimum Gasteiger partial charge on any atom is -0.355 e. The van der Waals surface area contributed by atoms with Gasteiger partial charge in [-0.3, -0.25) is 9.59 Å². The molecule has 2 heterocycles. The van der Waals surface area contributed by atoms with Crippen LogP contribution in [0.1, 0.15) is 57.8 Å². The number of hydrogen-bond acceptors (Lipinski definition) is 2. The Morgan fingerprint density at radius 1 is 1.18 bits per heavy atom. The molecule has 22 heavy (non-hydrogen) atoms. The molecule has 2 aliphatic heterocycles. The van der Waals surface area contributed by atoms with E-state index in [1.807, 2.05) is 0 Å². The molecule has 0 unspecified atom stereocenters. The van der Waals surface area contributed by atoms with Gasteiger partial charge in [-0.15, -0.1) is 0 Å². The first-order valence-corrected chi connectivity index (χ1v) is 9.28. The number of amides is 2. The van der Waals surface area contributed by atoms with Gasteiger partial charge in [0.1, 0.15) is 0 Å². The zero-order chi connectivity index (χ0) is 15.1. The first kappa shape index (κ1) is 14.5. The van der Waals surface area contributed by atoms with Gasteiger partial charge in [-0.25, -0.2) is 0 Å². The number of carbonyl (C=O) groups is 2. The molecule has 122 valence electrons. The van der Waals surface area contributed by atoms with Crippen LogP contribution in [0.3, 0.4) is 0 Å².